The molecule has 0 aliphatic carbocycles. The molecule has 2 aliphatic rings. The van der Waals surface area contributed by atoms with Crippen LogP contribution in [0.5, 0.6) is 5.75 Å². The van der Waals surface area contributed by atoms with Gasteiger partial charge in [0.05, 0.1) is 11.5 Å². The monoisotopic (exact) mass is 333 g/mol. The number of carboxylic acids is 1. The number of aliphatic carboxylic acids is 1. The number of rotatable bonds is 5. The van der Waals surface area contributed by atoms with Gasteiger partial charge in [-0.2, -0.15) is 0 Å². The molecule has 0 spiro atoms. The highest BCUT2D eigenvalue weighted by Crippen LogP contribution is 2.31. The molecule has 0 radical (unpaired) electrons. The van der Waals surface area contributed by atoms with E-state index in [1.807, 2.05) is 6.07 Å². The van der Waals surface area contributed by atoms with Gasteiger partial charge in [-0.05, 0) is 44.4 Å². The van der Waals surface area contributed by atoms with Crippen molar-refractivity contribution in [3.05, 3.63) is 29.8 Å². The van der Waals surface area contributed by atoms with Gasteiger partial charge in [0.25, 0.3) is 5.91 Å². The molecule has 130 valence electrons. The molecular formula is C18H23NO5. The lowest BCUT2D eigenvalue weighted by Crippen LogP contribution is -2.34. The Bertz CT molecular complexity index is 626. The topological polar surface area (TPSA) is 76.1 Å². The van der Waals surface area contributed by atoms with Crippen LogP contribution in [0.25, 0.3) is 0 Å². The Balaban J connectivity index is 1.63. The maximum absolute atomic E-state index is 12.6. The van der Waals surface area contributed by atoms with Crippen molar-refractivity contribution in [2.24, 2.45) is 5.41 Å². The molecule has 2 atom stereocenters. The van der Waals surface area contributed by atoms with Gasteiger partial charge < -0.3 is 19.5 Å². The van der Waals surface area contributed by atoms with E-state index < -0.39 is 11.4 Å². The number of carbonyl (C=O) groups excluding carboxylic acids is 1. The molecule has 6 nitrogen and oxygen atoms in total. The third-order valence-electron chi connectivity index (χ3n) is 4.82. The van der Waals surface area contributed by atoms with Gasteiger partial charge in [0, 0.05) is 25.3 Å². The lowest BCUT2D eigenvalue weighted by Gasteiger charge is -2.20. The van der Waals surface area contributed by atoms with Crippen LogP contribution in [0, 0.1) is 5.41 Å². The van der Waals surface area contributed by atoms with E-state index in [1.54, 1.807) is 30.0 Å². The molecule has 2 fully saturated rings. The van der Waals surface area contributed by atoms with E-state index in [2.05, 4.69) is 0 Å². The summed E-state index contributed by atoms with van der Waals surface area (Å²) in [6.45, 7) is 3.65. The Hall–Kier alpha value is -2.08. The summed E-state index contributed by atoms with van der Waals surface area (Å²) in [6, 6.07) is 7.05. The van der Waals surface area contributed by atoms with E-state index in [-0.39, 0.29) is 18.6 Å². The number of benzene rings is 1. The number of ether oxygens (including phenoxy) is 2. The molecule has 2 saturated heterocycles. The maximum atomic E-state index is 12.6. The summed E-state index contributed by atoms with van der Waals surface area (Å²) >= 11 is 0. The number of carboxylic acid groups (broad SMARTS) is 1. The third-order valence-corrected chi connectivity index (χ3v) is 4.82. The van der Waals surface area contributed by atoms with Crippen molar-refractivity contribution < 1.29 is 24.2 Å². The molecular weight excluding hydrogens is 310 g/mol. The average Bonchev–Trinajstić information content (AvgIpc) is 3.23. The Labute approximate surface area is 141 Å². The van der Waals surface area contributed by atoms with Crippen LogP contribution in [0.15, 0.2) is 24.3 Å². The molecule has 1 aromatic rings. The highest BCUT2D eigenvalue weighted by Gasteiger charge is 2.42. The fourth-order valence-electron chi connectivity index (χ4n) is 3.18. The summed E-state index contributed by atoms with van der Waals surface area (Å²) in [5.74, 6) is -0.370. The third kappa shape index (κ3) is 3.53. The van der Waals surface area contributed by atoms with Gasteiger partial charge in [0.2, 0.25) is 0 Å². The van der Waals surface area contributed by atoms with Crippen LogP contribution in [-0.4, -0.2) is 54.3 Å². The predicted molar refractivity (Wildman–Crippen MR) is 87.2 cm³/mol. The molecule has 0 aromatic heterocycles. The van der Waals surface area contributed by atoms with Gasteiger partial charge in [-0.1, -0.05) is 6.07 Å². The fourth-order valence-corrected chi connectivity index (χ4v) is 3.18. The van der Waals surface area contributed by atoms with Crippen LogP contribution in [0.1, 0.15) is 36.5 Å². The van der Waals surface area contributed by atoms with E-state index in [1.165, 1.54) is 0 Å². The lowest BCUT2D eigenvalue weighted by molar-refractivity contribution is -0.147. The minimum Gasteiger partial charge on any atom is -0.491 e. The van der Waals surface area contributed by atoms with E-state index in [4.69, 9.17) is 9.47 Å². The van der Waals surface area contributed by atoms with Crippen LogP contribution in [0.4, 0.5) is 0 Å². The maximum Gasteiger partial charge on any atom is 0.311 e. The zero-order chi connectivity index (χ0) is 17.2. The van der Waals surface area contributed by atoms with Crippen molar-refractivity contribution in [2.45, 2.75) is 32.3 Å². The van der Waals surface area contributed by atoms with Crippen LogP contribution < -0.4 is 4.74 Å². The van der Waals surface area contributed by atoms with Crippen LogP contribution in [0.2, 0.25) is 0 Å². The van der Waals surface area contributed by atoms with Crippen molar-refractivity contribution in [3.8, 4) is 5.75 Å². The van der Waals surface area contributed by atoms with E-state index in [0.29, 0.717) is 30.9 Å². The number of carbonyl (C=O) groups is 2. The number of nitrogens with zero attached hydrogens (tertiary/aromatic N) is 1. The van der Waals surface area contributed by atoms with Crippen LogP contribution in [0.3, 0.4) is 0 Å². The number of likely N-dealkylation sites (tertiary alicyclic amines) is 1. The van der Waals surface area contributed by atoms with Gasteiger partial charge in [-0.15, -0.1) is 0 Å². The molecule has 2 heterocycles. The van der Waals surface area contributed by atoms with Crippen molar-refractivity contribution in [1.29, 1.82) is 0 Å². The Morgan fingerprint density at radius 3 is 2.96 bits per heavy atom. The second kappa shape index (κ2) is 6.81. The van der Waals surface area contributed by atoms with Gasteiger partial charge in [-0.25, -0.2) is 0 Å². The lowest BCUT2D eigenvalue weighted by atomic mass is 9.90. The summed E-state index contributed by atoms with van der Waals surface area (Å²) in [6.07, 6.45) is 2.66. The van der Waals surface area contributed by atoms with Crippen molar-refractivity contribution in [3.63, 3.8) is 0 Å². The number of hydrogen-bond donors (Lipinski definition) is 1. The molecule has 1 amide bonds. The van der Waals surface area contributed by atoms with Gasteiger partial charge in [0.15, 0.2) is 0 Å². The van der Waals surface area contributed by atoms with E-state index in [9.17, 15) is 14.7 Å². The summed E-state index contributed by atoms with van der Waals surface area (Å²) in [5, 5.41) is 9.29. The Morgan fingerprint density at radius 2 is 2.29 bits per heavy atom. The second-order valence-electron chi connectivity index (χ2n) is 6.82. The summed E-state index contributed by atoms with van der Waals surface area (Å²) in [5.41, 5.74) is -0.335. The zero-order valence-corrected chi connectivity index (χ0v) is 13.9. The minimum absolute atomic E-state index is 0.124. The van der Waals surface area contributed by atoms with Crippen molar-refractivity contribution in [1.82, 2.24) is 4.90 Å². The van der Waals surface area contributed by atoms with Gasteiger partial charge in [0.1, 0.15) is 12.4 Å². The molecule has 1 N–H and O–H groups in total. The first-order valence-corrected chi connectivity index (χ1v) is 8.35. The Morgan fingerprint density at radius 1 is 1.46 bits per heavy atom. The fraction of sp³-hybridized carbons (Fsp3) is 0.556. The quantitative estimate of drug-likeness (QED) is 0.894. The first kappa shape index (κ1) is 16.8. The molecule has 24 heavy (non-hydrogen) atoms. The molecule has 0 bridgehead atoms. The molecule has 1 aromatic carbocycles. The molecule has 0 unspecified atom stereocenters. The van der Waals surface area contributed by atoms with E-state index >= 15 is 0 Å². The molecule has 2 aliphatic heterocycles. The van der Waals surface area contributed by atoms with Crippen molar-refractivity contribution in [2.75, 3.05) is 26.3 Å². The zero-order valence-electron chi connectivity index (χ0n) is 13.9. The predicted octanol–water partition coefficient (Wildman–Crippen LogP) is 2.18. The first-order chi connectivity index (χ1) is 11.5. The average molecular weight is 333 g/mol. The van der Waals surface area contributed by atoms with Crippen LogP contribution in [-0.2, 0) is 9.53 Å². The highest BCUT2D eigenvalue weighted by atomic mass is 16.5. The minimum atomic E-state index is -0.858. The number of amides is 1. The number of hydrogen-bond acceptors (Lipinski definition) is 4. The summed E-state index contributed by atoms with van der Waals surface area (Å²) in [7, 11) is 0. The highest BCUT2D eigenvalue weighted by molar-refractivity contribution is 5.95. The normalized spacial score (nSPS) is 26.5. The van der Waals surface area contributed by atoms with Crippen molar-refractivity contribution >= 4 is 11.9 Å². The standard InChI is InChI=1S/C18H23NO5/c1-18(17(21)22)7-8-19(12-18)16(20)13-4-2-5-14(10-13)24-11-15-6-3-9-23-15/h2,4-5,10,15H,3,6-9,11-12H2,1H3,(H,21,22)/t15-,18-/m0/s1. The second-order valence-corrected chi connectivity index (χ2v) is 6.82. The molecule has 3 rings (SSSR count). The smallest absolute Gasteiger partial charge is 0.311 e. The largest absolute Gasteiger partial charge is 0.491 e. The summed E-state index contributed by atoms with van der Waals surface area (Å²) < 4.78 is 11.3. The molecule has 6 heteroatoms. The van der Waals surface area contributed by atoms with E-state index in [0.717, 1.165) is 19.4 Å². The Kier molecular flexibility index (Phi) is 4.76. The molecule has 0 saturated carbocycles. The first-order valence-electron chi connectivity index (χ1n) is 8.35. The van der Waals surface area contributed by atoms with Gasteiger partial charge in [-0.3, -0.25) is 9.59 Å². The van der Waals surface area contributed by atoms with Gasteiger partial charge >= 0.3 is 5.97 Å². The van der Waals surface area contributed by atoms with Crippen LogP contribution >= 0.6 is 0 Å². The SMILES string of the molecule is C[C@]1(C(=O)O)CCN(C(=O)c2cccc(OC[C@@H]3CCCO3)c2)C1. The summed E-state index contributed by atoms with van der Waals surface area (Å²) in [4.78, 5) is 25.6.